The number of ether oxygens (including phenoxy) is 4. The molecular weight excluding hydrogens is 1150 g/mol. The first-order valence-electron chi connectivity index (χ1n) is 23.5. The number of aromatic nitrogens is 3. The lowest BCUT2D eigenvalue weighted by Crippen LogP contribution is -2.41. The van der Waals surface area contributed by atoms with Crippen molar-refractivity contribution >= 4 is 80.9 Å². The summed E-state index contributed by atoms with van der Waals surface area (Å²) in [5, 5.41) is 9.25. The van der Waals surface area contributed by atoms with Gasteiger partial charge in [-0.05, 0) is 109 Å². The lowest BCUT2D eigenvalue weighted by molar-refractivity contribution is 0.00578. The van der Waals surface area contributed by atoms with Crippen molar-refractivity contribution in [3.05, 3.63) is 198 Å². The summed E-state index contributed by atoms with van der Waals surface area (Å²) in [5.74, 6) is -3.00. The SMILES string of the molecule is CC1(C)OB(c2ccc3c(c2)COC3=O)OC1(C)C.O=C1OCc2cc(-c3cncc(F)c3CO)ccc21.O=C1OCc2cc(Br)ccc21.O=Cc1c(F)cncc1-c1ccc2c(c1)COC2=O.O=Cc1c(F)cncc1Br. The van der Waals surface area contributed by atoms with Crippen LogP contribution < -0.4 is 5.46 Å². The largest absolute Gasteiger partial charge is 0.494 e. The Hall–Kier alpha value is -7.76. The van der Waals surface area contributed by atoms with Crippen molar-refractivity contribution in [1.29, 1.82) is 0 Å². The number of fused-ring (bicyclic) bond motifs is 4. The van der Waals surface area contributed by atoms with E-state index in [1.54, 1.807) is 48.5 Å². The van der Waals surface area contributed by atoms with E-state index in [1.807, 2.05) is 52.0 Å². The fourth-order valence-corrected chi connectivity index (χ4v) is 8.99. The number of rotatable bonds is 6. The Balaban J connectivity index is 0.000000132. The molecule has 1 saturated heterocycles. The lowest BCUT2D eigenvalue weighted by atomic mass is 9.78. The Morgan fingerprint density at radius 1 is 0.526 bits per heavy atom. The van der Waals surface area contributed by atoms with E-state index in [9.17, 15) is 47.0 Å². The van der Waals surface area contributed by atoms with Crippen LogP contribution in [0.1, 0.15) is 118 Å². The minimum Gasteiger partial charge on any atom is -0.457 e. The molecule has 16 nitrogen and oxygen atoms in total. The fourth-order valence-electron chi connectivity index (χ4n) is 8.18. The summed E-state index contributed by atoms with van der Waals surface area (Å²) in [7, 11) is -0.397. The molecule has 0 aliphatic carbocycles. The number of carbonyl (C=O) groups excluding carboxylic acids is 6. The Morgan fingerprint density at radius 2 is 0.936 bits per heavy atom. The van der Waals surface area contributed by atoms with Crippen LogP contribution in [0.4, 0.5) is 13.2 Å². The second-order valence-electron chi connectivity index (χ2n) is 18.5. The molecule has 0 spiro atoms. The van der Waals surface area contributed by atoms with Crippen molar-refractivity contribution in [2.24, 2.45) is 0 Å². The van der Waals surface area contributed by atoms with Gasteiger partial charge in [-0.15, -0.1) is 0 Å². The van der Waals surface area contributed by atoms with E-state index in [-0.39, 0.29) is 65.0 Å². The maximum Gasteiger partial charge on any atom is 0.494 e. The van der Waals surface area contributed by atoms with Gasteiger partial charge < -0.3 is 33.4 Å². The highest BCUT2D eigenvalue weighted by Crippen LogP contribution is 2.37. The average Bonchev–Trinajstić information content (AvgIpc) is 4.25. The molecule has 7 aromatic rings. The van der Waals surface area contributed by atoms with E-state index in [2.05, 4.69) is 46.8 Å². The third-order valence-corrected chi connectivity index (χ3v) is 14.2. The predicted octanol–water partition coefficient (Wildman–Crippen LogP) is 9.99. The zero-order valence-corrected chi connectivity index (χ0v) is 44.9. The van der Waals surface area contributed by atoms with Crippen LogP contribution in [0.3, 0.4) is 0 Å². The smallest absolute Gasteiger partial charge is 0.457 e. The molecule has 1 N–H and O–H groups in total. The minimum absolute atomic E-state index is 0.00926. The normalized spacial score (nSPS) is 15.3. The topological polar surface area (TPSA) is 217 Å². The number of aliphatic hydroxyl groups is 1. The van der Waals surface area contributed by atoms with E-state index < -0.39 is 31.2 Å². The standard InChI is InChI=1S/C14H17BO4.C14H10FNO3.C14H8FNO3.C8H5BrO2.C6H3BrFNO/c1-13(2)14(3,4)19-15(18-13)10-5-6-11-9(7-10)8-17-12(11)16;2*15-13-5-16-4-11(12(13)6-17)8-1-2-10-9(3-8)7-19-14(10)18;9-6-1-2-7-5(3-6)4-11-8(7)10;7-5-1-9-2-6(8)4(5)3-10/h5-7H,8H2,1-4H3;1-5,17H,6-7H2;1-6H,7H2;1-3H,4H2;1-3H. The van der Waals surface area contributed by atoms with Crippen LogP contribution in [0, 0.1) is 17.5 Å². The Labute approximate surface area is 460 Å². The third kappa shape index (κ3) is 12.2. The van der Waals surface area contributed by atoms with Gasteiger partial charge in [0.05, 0.1) is 69.8 Å². The second-order valence-corrected chi connectivity index (χ2v) is 20.3. The van der Waals surface area contributed by atoms with Gasteiger partial charge in [0.2, 0.25) is 0 Å². The summed E-state index contributed by atoms with van der Waals surface area (Å²) in [4.78, 5) is 77.2. The highest BCUT2D eigenvalue weighted by atomic mass is 79.9. The molecule has 5 aliphatic heterocycles. The lowest BCUT2D eigenvalue weighted by Gasteiger charge is -2.32. The number of aliphatic hydroxyl groups excluding tert-OH is 1. The summed E-state index contributed by atoms with van der Waals surface area (Å²) < 4.78 is 72.6. The van der Waals surface area contributed by atoms with Gasteiger partial charge in [-0.3, -0.25) is 24.5 Å². The number of halogens is 5. The number of pyridine rings is 3. The van der Waals surface area contributed by atoms with Crippen LogP contribution >= 0.6 is 31.9 Å². The quantitative estimate of drug-likeness (QED) is 0.0709. The monoisotopic (exact) mass is 1190 g/mol. The van der Waals surface area contributed by atoms with Crippen LogP contribution in [-0.4, -0.2) is 74.8 Å². The molecule has 22 heteroatoms. The molecule has 0 unspecified atom stereocenters. The number of hydrogen-bond acceptors (Lipinski definition) is 16. The zero-order valence-electron chi connectivity index (χ0n) is 41.7. The number of hydrogen-bond donors (Lipinski definition) is 1. The molecule has 12 rings (SSSR count). The van der Waals surface area contributed by atoms with Crippen LogP contribution in [-0.2, 0) is 61.3 Å². The highest BCUT2D eigenvalue weighted by Gasteiger charge is 2.52. The molecule has 8 heterocycles. The maximum absolute atomic E-state index is 13.6. The van der Waals surface area contributed by atoms with Gasteiger partial charge in [0.15, 0.2) is 24.2 Å². The van der Waals surface area contributed by atoms with Crippen molar-refractivity contribution in [2.75, 3.05) is 0 Å². The van der Waals surface area contributed by atoms with Crippen molar-refractivity contribution in [2.45, 2.75) is 71.9 Å². The van der Waals surface area contributed by atoms with Gasteiger partial charge in [0.1, 0.15) is 32.2 Å². The van der Waals surface area contributed by atoms with E-state index in [4.69, 9.17) is 28.3 Å². The number of esters is 4. The number of benzene rings is 4. The third-order valence-electron chi connectivity index (χ3n) is 13.1. The Bertz CT molecular complexity index is 3510. The molecule has 0 saturated carbocycles. The molecule has 4 aromatic carbocycles. The molecule has 3 aromatic heterocycles. The first-order chi connectivity index (χ1) is 37.2. The zero-order chi connectivity index (χ0) is 56.1. The molecular formula is C56H43BBr2F3N3O13. The van der Waals surface area contributed by atoms with Crippen LogP contribution in [0.2, 0.25) is 0 Å². The molecule has 0 atom stereocenters. The van der Waals surface area contributed by atoms with Crippen molar-refractivity contribution in [1.82, 2.24) is 15.0 Å². The molecule has 1 fully saturated rings. The number of carbonyl (C=O) groups is 6. The molecule has 0 bridgehead atoms. The molecule has 0 amide bonds. The first-order valence-corrected chi connectivity index (χ1v) is 25.1. The van der Waals surface area contributed by atoms with Gasteiger partial charge in [0, 0.05) is 66.5 Å². The summed E-state index contributed by atoms with van der Waals surface area (Å²) in [6.07, 6.45) is 8.24. The van der Waals surface area contributed by atoms with E-state index in [1.165, 1.54) is 18.6 Å². The van der Waals surface area contributed by atoms with Gasteiger partial charge in [-0.25, -0.2) is 32.3 Å². The summed E-state index contributed by atoms with van der Waals surface area (Å²) in [6.45, 7) is 8.84. The first kappa shape index (κ1) is 56.4. The number of nitrogens with zero attached hydrogens (tertiary/aromatic N) is 3. The predicted molar refractivity (Wildman–Crippen MR) is 281 cm³/mol. The van der Waals surface area contributed by atoms with Gasteiger partial charge in [-0.2, -0.15) is 0 Å². The van der Waals surface area contributed by atoms with Crippen molar-refractivity contribution in [3.8, 4) is 22.3 Å². The molecule has 0 radical (unpaired) electrons. The van der Waals surface area contributed by atoms with Crippen LogP contribution in [0.15, 0.2) is 119 Å². The van der Waals surface area contributed by atoms with Crippen molar-refractivity contribution < 1.29 is 75.3 Å². The summed E-state index contributed by atoms with van der Waals surface area (Å²) in [6, 6.07) is 21.2. The van der Waals surface area contributed by atoms with E-state index in [0.29, 0.717) is 74.8 Å². The van der Waals surface area contributed by atoms with Gasteiger partial charge in [0.25, 0.3) is 0 Å². The molecule has 398 valence electrons. The maximum atomic E-state index is 13.6. The van der Waals surface area contributed by atoms with Gasteiger partial charge in [-0.1, -0.05) is 40.2 Å². The highest BCUT2D eigenvalue weighted by molar-refractivity contribution is 9.10. The van der Waals surface area contributed by atoms with Crippen LogP contribution in [0.25, 0.3) is 22.3 Å². The Kier molecular flexibility index (Phi) is 17.3. The van der Waals surface area contributed by atoms with E-state index in [0.717, 1.165) is 50.8 Å². The minimum atomic E-state index is -0.666. The summed E-state index contributed by atoms with van der Waals surface area (Å²) in [5.41, 5.74) is 8.33. The molecule has 5 aliphatic rings. The summed E-state index contributed by atoms with van der Waals surface area (Å²) >= 11 is 6.29. The average molecular weight is 1190 g/mol. The number of aldehydes is 2. The van der Waals surface area contributed by atoms with E-state index >= 15 is 0 Å². The number of cyclic esters (lactones) is 4. The Morgan fingerprint density at radius 3 is 1.41 bits per heavy atom. The molecule has 78 heavy (non-hydrogen) atoms. The van der Waals surface area contributed by atoms with Crippen molar-refractivity contribution in [3.63, 3.8) is 0 Å². The van der Waals surface area contributed by atoms with Crippen LogP contribution in [0.5, 0.6) is 0 Å². The van der Waals surface area contributed by atoms with Gasteiger partial charge >= 0.3 is 31.0 Å². The fraction of sp³-hybridized carbons (Fsp3) is 0.196. The second kappa shape index (κ2) is 23.9.